The summed E-state index contributed by atoms with van der Waals surface area (Å²) in [6.45, 7) is 3.94. The van der Waals surface area contributed by atoms with Crippen LogP contribution < -0.4 is 10.7 Å². The third-order valence-corrected chi connectivity index (χ3v) is 6.54. The van der Waals surface area contributed by atoms with Crippen LogP contribution in [0.3, 0.4) is 0 Å². The van der Waals surface area contributed by atoms with Crippen molar-refractivity contribution in [3.8, 4) is 5.69 Å². The molecule has 148 valence electrons. The van der Waals surface area contributed by atoms with E-state index in [4.69, 9.17) is 16.7 Å². The average molecular weight is 438 g/mol. The number of sulfonamides is 1. The molecule has 3 rings (SSSR count). The van der Waals surface area contributed by atoms with Gasteiger partial charge in [0.15, 0.2) is 5.16 Å². The summed E-state index contributed by atoms with van der Waals surface area (Å²) in [5, 5.41) is 6.52. The van der Waals surface area contributed by atoms with Gasteiger partial charge in [0, 0.05) is 10.8 Å². The lowest BCUT2D eigenvalue weighted by Crippen LogP contribution is -2.23. The maximum atomic E-state index is 13.3. The van der Waals surface area contributed by atoms with E-state index in [9.17, 15) is 13.2 Å². The Kier molecular flexibility index (Phi) is 6.14. The van der Waals surface area contributed by atoms with Gasteiger partial charge in [-0.15, -0.1) is 0 Å². The molecule has 28 heavy (non-hydrogen) atoms. The van der Waals surface area contributed by atoms with Crippen LogP contribution in [0.25, 0.3) is 16.6 Å². The Morgan fingerprint density at radius 3 is 2.68 bits per heavy atom. The van der Waals surface area contributed by atoms with Crippen LogP contribution >= 0.6 is 23.4 Å². The summed E-state index contributed by atoms with van der Waals surface area (Å²) in [5.41, 5.74) is 3.11. The number of benzene rings is 2. The maximum Gasteiger partial charge on any atom is 0.266 e. The van der Waals surface area contributed by atoms with Gasteiger partial charge in [-0.05, 0) is 55.7 Å². The van der Waals surface area contributed by atoms with Crippen molar-refractivity contribution in [2.24, 2.45) is 5.14 Å². The summed E-state index contributed by atoms with van der Waals surface area (Å²) < 4.78 is 23.9. The molecule has 9 heteroatoms. The standard InChI is InChI=1S/C19H20ClN3O3S2/c1-12-5-3-6-17(13(12)2)23-18(24)15-8-7-14(20)11-16(15)22-19(23)27-9-4-10-28(21,25)26/h3,5-8,11H,4,9-10H2,1-2H3,(H2,21,25,26). The van der Waals surface area contributed by atoms with Crippen LogP contribution in [0.15, 0.2) is 46.3 Å². The largest absolute Gasteiger partial charge is 0.268 e. The quantitative estimate of drug-likeness (QED) is 0.362. The van der Waals surface area contributed by atoms with Gasteiger partial charge in [0.05, 0.1) is 22.3 Å². The first-order valence-electron chi connectivity index (χ1n) is 8.59. The molecule has 0 bridgehead atoms. The summed E-state index contributed by atoms with van der Waals surface area (Å²) in [6.07, 6.45) is 0.361. The minimum absolute atomic E-state index is 0.118. The summed E-state index contributed by atoms with van der Waals surface area (Å²) >= 11 is 7.39. The van der Waals surface area contributed by atoms with Gasteiger partial charge in [0.25, 0.3) is 5.56 Å². The molecule has 0 fully saturated rings. The van der Waals surface area contributed by atoms with Gasteiger partial charge >= 0.3 is 0 Å². The molecule has 0 spiro atoms. The molecule has 0 aliphatic rings. The van der Waals surface area contributed by atoms with Gasteiger partial charge in [-0.3, -0.25) is 9.36 Å². The van der Waals surface area contributed by atoms with E-state index < -0.39 is 10.0 Å². The Labute approximate surface area is 172 Å². The van der Waals surface area contributed by atoms with Crippen LogP contribution in [0, 0.1) is 13.8 Å². The predicted molar refractivity (Wildman–Crippen MR) is 115 cm³/mol. The molecule has 0 unspecified atom stereocenters. The first-order valence-corrected chi connectivity index (χ1v) is 11.7. The molecule has 2 N–H and O–H groups in total. The molecule has 3 aromatic rings. The zero-order valence-electron chi connectivity index (χ0n) is 15.5. The highest BCUT2D eigenvalue weighted by molar-refractivity contribution is 7.99. The van der Waals surface area contributed by atoms with Crippen molar-refractivity contribution in [3.05, 3.63) is 62.9 Å². The number of aryl methyl sites for hydroxylation is 1. The molecule has 0 saturated carbocycles. The molecule has 0 radical (unpaired) electrons. The SMILES string of the molecule is Cc1cccc(-n2c(SCCCS(N)(=O)=O)nc3cc(Cl)ccc3c2=O)c1C. The van der Waals surface area contributed by atoms with Crippen molar-refractivity contribution >= 4 is 44.3 Å². The number of primary sulfonamides is 1. The summed E-state index contributed by atoms with van der Waals surface area (Å²) in [5.74, 6) is 0.340. The number of halogens is 1. The Morgan fingerprint density at radius 1 is 1.21 bits per heavy atom. The number of hydrogen-bond acceptors (Lipinski definition) is 5. The molecule has 1 heterocycles. The summed E-state index contributed by atoms with van der Waals surface area (Å²) in [6, 6.07) is 10.7. The molecule has 0 aliphatic carbocycles. The zero-order chi connectivity index (χ0) is 20.5. The van der Waals surface area contributed by atoms with Gasteiger partial charge in [-0.2, -0.15) is 0 Å². The van der Waals surface area contributed by atoms with Crippen molar-refractivity contribution in [1.82, 2.24) is 9.55 Å². The highest BCUT2D eigenvalue weighted by Crippen LogP contribution is 2.26. The average Bonchev–Trinajstić information content (AvgIpc) is 2.61. The Balaban J connectivity index is 2.13. The van der Waals surface area contributed by atoms with Crippen molar-refractivity contribution < 1.29 is 8.42 Å². The molecule has 0 amide bonds. The van der Waals surface area contributed by atoms with Crippen LogP contribution in [-0.4, -0.2) is 29.5 Å². The van der Waals surface area contributed by atoms with Gasteiger partial charge in [-0.1, -0.05) is 35.5 Å². The van der Waals surface area contributed by atoms with Crippen LogP contribution in [0.2, 0.25) is 5.02 Å². The number of nitrogens with zero attached hydrogens (tertiary/aromatic N) is 2. The van der Waals surface area contributed by atoms with Crippen molar-refractivity contribution in [3.63, 3.8) is 0 Å². The normalized spacial score (nSPS) is 11.9. The van der Waals surface area contributed by atoms with Gasteiger partial charge in [0.1, 0.15) is 0 Å². The molecule has 0 saturated heterocycles. The molecular formula is C19H20ClN3O3S2. The number of fused-ring (bicyclic) bond motifs is 1. The van der Waals surface area contributed by atoms with E-state index in [1.807, 2.05) is 32.0 Å². The van der Waals surface area contributed by atoms with Crippen LogP contribution in [0.5, 0.6) is 0 Å². The Bertz CT molecular complexity index is 1210. The van der Waals surface area contributed by atoms with E-state index in [0.717, 1.165) is 16.8 Å². The van der Waals surface area contributed by atoms with Crippen molar-refractivity contribution in [2.45, 2.75) is 25.4 Å². The fourth-order valence-corrected chi connectivity index (χ4v) is 4.69. The number of nitrogens with two attached hydrogens (primary N) is 1. The molecule has 0 aliphatic heterocycles. The number of thioether (sulfide) groups is 1. The van der Waals surface area contributed by atoms with Crippen LogP contribution in [-0.2, 0) is 10.0 Å². The number of aromatic nitrogens is 2. The smallest absolute Gasteiger partial charge is 0.266 e. The van der Waals surface area contributed by atoms with Crippen LogP contribution in [0.4, 0.5) is 0 Å². The van der Waals surface area contributed by atoms with E-state index in [0.29, 0.717) is 33.3 Å². The zero-order valence-corrected chi connectivity index (χ0v) is 17.9. The van der Waals surface area contributed by atoms with Crippen molar-refractivity contribution in [1.29, 1.82) is 0 Å². The fraction of sp³-hybridized carbons (Fsp3) is 0.263. The van der Waals surface area contributed by atoms with Gasteiger partial charge in [0.2, 0.25) is 10.0 Å². The maximum absolute atomic E-state index is 13.3. The van der Waals surface area contributed by atoms with E-state index in [2.05, 4.69) is 4.98 Å². The van der Waals surface area contributed by atoms with E-state index in [1.54, 1.807) is 22.8 Å². The molecule has 6 nitrogen and oxygen atoms in total. The van der Waals surface area contributed by atoms with Gasteiger partial charge in [-0.25, -0.2) is 18.5 Å². The van der Waals surface area contributed by atoms with E-state index >= 15 is 0 Å². The van der Waals surface area contributed by atoms with Crippen LogP contribution in [0.1, 0.15) is 17.5 Å². The lowest BCUT2D eigenvalue weighted by Gasteiger charge is -2.16. The second-order valence-electron chi connectivity index (χ2n) is 6.48. The second-order valence-corrected chi connectivity index (χ2v) is 9.72. The minimum atomic E-state index is -3.52. The fourth-order valence-electron chi connectivity index (χ4n) is 2.85. The summed E-state index contributed by atoms with van der Waals surface area (Å²) in [4.78, 5) is 17.9. The summed E-state index contributed by atoms with van der Waals surface area (Å²) in [7, 11) is -3.52. The predicted octanol–water partition coefficient (Wildman–Crippen LogP) is 3.43. The second kappa shape index (κ2) is 8.24. The Hall–Kier alpha value is -1.87. The first kappa shape index (κ1) is 20.9. The van der Waals surface area contributed by atoms with E-state index in [-0.39, 0.29) is 11.3 Å². The highest BCUT2D eigenvalue weighted by atomic mass is 35.5. The molecular weight excluding hydrogens is 418 g/mol. The monoisotopic (exact) mass is 437 g/mol. The lowest BCUT2D eigenvalue weighted by atomic mass is 10.1. The Morgan fingerprint density at radius 2 is 1.96 bits per heavy atom. The van der Waals surface area contributed by atoms with Gasteiger partial charge < -0.3 is 0 Å². The van der Waals surface area contributed by atoms with Crippen molar-refractivity contribution in [2.75, 3.05) is 11.5 Å². The molecule has 1 aromatic heterocycles. The third kappa shape index (κ3) is 4.57. The third-order valence-electron chi connectivity index (χ3n) is 4.42. The topological polar surface area (TPSA) is 95.1 Å². The highest BCUT2D eigenvalue weighted by Gasteiger charge is 2.16. The lowest BCUT2D eigenvalue weighted by molar-refractivity contribution is 0.596. The molecule has 2 aromatic carbocycles. The number of rotatable bonds is 6. The minimum Gasteiger partial charge on any atom is -0.268 e. The first-order chi connectivity index (χ1) is 13.2. The number of hydrogen-bond donors (Lipinski definition) is 1. The molecule has 0 atom stereocenters. The van der Waals surface area contributed by atoms with E-state index in [1.165, 1.54) is 11.8 Å².